The molecule has 1 aliphatic rings. The second-order valence-electron chi connectivity index (χ2n) is 9.83. The lowest BCUT2D eigenvalue weighted by Gasteiger charge is -2.25. The Balaban J connectivity index is 1.48. The van der Waals surface area contributed by atoms with Crippen LogP contribution in [-0.4, -0.2) is 42.2 Å². The van der Waals surface area contributed by atoms with Gasteiger partial charge in [0.15, 0.2) is 0 Å². The minimum absolute atomic E-state index is 0.00297. The molecule has 4 rings (SSSR count). The van der Waals surface area contributed by atoms with Crippen molar-refractivity contribution in [1.82, 2.24) is 10.6 Å². The maximum Gasteiger partial charge on any atom is 0.416 e. The molecule has 3 aromatic carbocycles. The summed E-state index contributed by atoms with van der Waals surface area (Å²) in [5, 5.41) is 17.0. The third-order valence-corrected chi connectivity index (χ3v) is 6.84. The monoisotopic (exact) mass is 551 g/mol. The Morgan fingerprint density at radius 1 is 1.05 bits per heavy atom. The van der Waals surface area contributed by atoms with Crippen LogP contribution in [0.25, 0.3) is 6.08 Å². The van der Waals surface area contributed by atoms with Gasteiger partial charge in [0.05, 0.1) is 17.7 Å². The molecule has 1 heterocycles. The number of rotatable bonds is 11. The number of hydrogen-bond donors (Lipinski definition) is 3. The van der Waals surface area contributed by atoms with Crippen LogP contribution in [-0.2, 0) is 23.9 Å². The molecular weight excluding hydrogens is 519 g/mol. The van der Waals surface area contributed by atoms with Gasteiger partial charge in [0.1, 0.15) is 0 Å². The summed E-state index contributed by atoms with van der Waals surface area (Å²) in [6, 6.07) is 18.8. The standard InChI is InChI=1S/C31H32F3N3O3/c1-2-21-14-24(18-26(16-21)37-13-7-12-29(37)39)30(40)36-27(17-22-8-4-3-5-9-22)28(38)20-35-19-23-10-6-11-25(15-23)31(32,33)34/h2-6,8-11,14-16,18,27-28,35,38H,1,7,12-13,17,19-20H2,(H,36,40). The number of nitrogens with one attached hydrogen (secondary N) is 2. The van der Waals surface area contributed by atoms with E-state index >= 15 is 0 Å². The van der Waals surface area contributed by atoms with E-state index in [1.165, 1.54) is 6.07 Å². The van der Waals surface area contributed by atoms with Crippen molar-refractivity contribution >= 4 is 23.6 Å². The van der Waals surface area contributed by atoms with Gasteiger partial charge in [-0.05, 0) is 53.8 Å². The number of nitrogens with zero attached hydrogens (tertiary/aromatic N) is 1. The van der Waals surface area contributed by atoms with Gasteiger partial charge in [0.2, 0.25) is 5.91 Å². The van der Waals surface area contributed by atoms with Gasteiger partial charge >= 0.3 is 6.18 Å². The van der Waals surface area contributed by atoms with Crippen LogP contribution in [0.3, 0.4) is 0 Å². The summed E-state index contributed by atoms with van der Waals surface area (Å²) < 4.78 is 39.1. The zero-order valence-electron chi connectivity index (χ0n) is 22.0. The lowest BCUT2D eigenvalue weighted by molar-refractivity contribution is -0.137. The average molecular weight is 552 g/mol. The fraction of sp³-hybridized carbons (Fsp3) is 0.290. The number of amides is 2. The summed E-state index contributed by atoms with van der Waals surface area (Å²) >= 11 is 0. The van der Waals surface area contributed by atoms with Gasteiger partial charge in [-0.1, -0.05) is 61.2 Å². The molecule has 3 aromatic rings. The van der Waals surface area contributed by atoms with Crippen molar-refractivity contribution in [3.8, 4) is 0 Å². The molecule has 40 heavy (non-hydrogen) atoms. The minimum Gasteiger partial charge on any atom is -0.390 e. The van der Waals surface area contributed by atoms with E-state index in [0.717, 1.165) is 24.1 Å². The quantitative estimate of drug-likeness (QED) is 0.315. The number of aliphatic hydroxyl groups is 1. The van der Waals surface area contributed by atoms with Crippen LogP contribution in [0.1, 0.15) is 45.5 Å². The Labute approximate surface area is 231 Å². The minimum atomic E-state index is -4.44. The molecule has 9 heteroatoms. The summed E-state index contributed by atoms with van der Waals surface area (Å²) in [7, 11) is 0. The molecule has 3 N–H and O–H groups in total. The molecule has 210 valence electrons. The Kier molecular flexibility index (Phi) is 9.39. The maximum absolute atomic E-state index is 13.4. The van der Waals surface area contributed by atoms with E-state index in [0.29, 0.717) is 41.8 Å². The smallest absolute Gasteiger partial charge is 0.390 e. The maximum atomic E-state index is 13.4. The predicted octanol–water partition coefficient (Wildman–Crippen LogP) is 4.97. The van der Waals surface area contributed by atoms with Crippen molar-refractivity contribution in [2.45, 2.75) is 44.1 Å². The average Bonchev–Trinajstić information content (AvgIpc) is 3.38. The summed E-state index contributed by atoms with van der Waals surface area (Å²) in [5.41, 5.74) is 2.22. The van der Waals surface area contributed by atoms with E-state index in [9.17, 15) is 27.9 Å². The topological polar surface area (TPSA) is 81.7 Å². The third kappa shape index (κ3) is 7.58. The van der Waals surface area contributed by atoms with Crippen molar-refractivity contribution in [2.75, 3.05) is 18.0 Å². The summed E-state index contributed by atoms with van der Waals surface area (Å²) in [4.78, 5) is 27.4. The second-order valence-corrected chi connectivity index (χ2v) is 9.83. The van der Waals surface area contributed by atoms with E-state index in [-0.39, 0.29) is 19.0 Å². The third-order valence-electron chi connectivity index (χ3n) is 6.84. The number of carbonyl (C=O) groups is 2. The zero-order valence-corrected chi connectivity index (χ0v) is 22.0. The molecule has 1 fully saturated rings. The van der Waals surface area contributed by atoms with Crippen LogP contribution in [0.5, 0.6) is 0 Å². The van der Waals surface area contributed by atoms with E-state index in [1.54, 1.807) is 35.2 Å². The first-order chi connectivity index (χ1) is 19.1. The summed E-state index contributed by atoms with van der Waals surface area (Å²) in [6.45, 7) is 4.52. The fourth-order valence-corrected chi connectivity index (χ4v) is 4.73. The Morgan fingerprint density at radius 3 is 2.48 bits per heavy atom. The molecule has 0 bridgehead atoms. The van der Waals surface area contributed by atoms with Crippen molar-refractivity contribution < 1.29 is 27.9 Å². The number of benzene rings is 3. The van der Waals surface area contributed by atoms with Crippen molar-refractivity contribution in [2.24, 2.45) is 0 Å². The molecule has 0 aromatic heterocycles. The highest BCUT2D eigenvalue weighted by molar-refractivity contribution is 6.00. The van der Waals surface area contributed by atoms with Crippen LogP contribution in [0.15, 0.2) is 79.4 Å². The van der Waals surface area contributed by atoms with Gasteiger partial charge in [0, 0.05) is 37.3 Å². The highest BCUT2D eigenvalue weighted by atomic mass is 19.4. The van der Waals surface area contributed by atoms with Gasteiger partial charge in [-0.15, -0.1) is 0 Å². The van der Waals surface area contributed by atoms with Crippen molar-refractivity contribution in [1.29, 1.82) is 0 Å². The molecule has 6 nitrogen and oxygen atoms in total. The Morgan fingerprint density at radius 2 is 1.80 bits per heavy atom. The molecule has 2 atom stereocenters. The number of halogens is 3. The lowest BCUT2D eigenvalue weighted by atomic mass is 10.00. The normalized spacial score (nSPS) is 15.1. The molecule has 0 aliphatic carbocycles. The molecule has 2 unspecified atom stereocenters. The van der Waals surface area contributed by atoms with E-state index < -0.39 is 29.8 Å². The fourth-order valence-electron chi connectivity index (χ4n) is 4.73. The molecule has 1 aliphatic heterocycles. The number of carbonyl (C=O) groups excluding carboxylic acids is 2. The predicted molar refractivity (Wildman–Crippen MR) is 149 cm³/mol. The lowest BCUT2D eigenvalue weighted by Crippen LogP contribution is -2.48. The van der Waals surface area contributed by atoms with E-state index in [2.05, 4.69) is 17.2 Å². The van der Waals surface area contributed by atoms with E-state index in [1.807, 2.05) is 30.3 Å². The largest absolute Gasteiger partial charge is 0.416 e. The number of alkyl halides is 3. The molecule has 1 saturated heterocycles. The summed E-state index contributed by atoms with van der Waals surface area (Å²) in [6.07, 6.45) is -2.34. The van der Waals surface area contributed by atoms with Gasteiger partial charge in [-0.25, -0.2) is 0 Å². The SMILES string of the molecule is C=Cc1cc(C(=O)NC(Cc2ccccc2)C(O)CNCc2cccc(C(F)(F)F)c2)cc(N2CCCC2=O)c1. The van der Waals surface area contributed by atoms with Crippen molar-refractivity contribution in [3.05, 3.63) is 107 Å². The highest BCUT2D eigenvalue weighted by Crippen LogP contribution is 2.29. The van der Waals surface area contributed by atoms with E-state index in [4.69, 9.17) is 0 Å². The van der Waals surface area contributed by atoms with Crippen LogP contribution >= 0.6 is 0 Å². The molecule has 0 saturated carbocycles. The van der Waals surface area contributed by atoms with Gasteiger partial charge in [-0.3, -0.25) is 9.59 Å². The molecule has 2 amide bonds. The number of aliphatic hydroxyl groups excluding tert-OH is 1. The second kappa shape index (κ2) is 12.9. The number of anilines is 1. The Bertz CT molecular complexity index is 1340. The summed E-state index contributed by atoms with van der Waals surface area (Å²) in [5.74, 6) is -0.425. The van der Waals surface area contributed by atoms with Gasteiger partial charge in [0.25, 0.3) is 5.91 Å². The Hall–Kier alpha value is -3.95. The number of hydrogen-bond acceptors (Lipinski definition) is 4. The molecule has 0 radical (unpaired) electrons. The molecule has 0 spiro atoms. The van der Waals surface area contributed by atoms with Gasteiger partial charge < -0.3 is 20.6 Å². The first-order valence-electron chi connectivity index (χ1n) is 13.1. The van der Waals surface area contributed by atoms with Crippen LogP contribution < -0.4 is 15.5 Å². The van der Waals surface area contributed by atoms with Crippen molar-refractivity contribution in [3.63, 3.8) is 0 Å². The van der Waals surface area contributed by atoms with Crippen LogP contribution in [0, 0.1) is 0 Å². The molecular formula is C31H32F3N3O3. The first-order valence-corrected chi connectivity index (χ1v) is 13.1. The first kappa shape index (κ1) is 29.0. The van der Waals surface area contributed by atoms with Crippen LogP contribution in [0.4, 0.5) is 18.9 Å². The highest BCUT2D eigenvalue weighted by Gasteiger charge is 2.30. The van der Waals surface area contributed by atoms with Crippen LogP contribution in [0.2, 0.25) is 0 Å². The van der Waals surface area contributed by atoms with Gasteiger partial charge in [-0.2, -0.15) is 13.2 Å². The zero-order chi connectivity index (χ0) is 28.7.